The molecule has 0 aromatic heterocycles. The van der Waals surface area contributed by atoms with E-state index in [0.717, 1.165) is 89.9 Å². The van der Waals surface area contributed by atoms with Crippen molar-refractivity contribution in [3.05, 3.63) is 0 Å². The summed E-state index contributed by atoms with van der Waals surface area (Å²) in [4.78, 5) is 21.9. The van der Waals surface area contributed by atoms with Crippen LogP contribution in [0.25, 0.3) is 0 Å². The van der Waals surface area contributed by atoms with Crippen LogP contribution < -0.4 is 10.2 Å². The Morgan fingerprint density at radius 2 is 0.898 bits per heavy atom. The predicted molar refractivity (Wildman–Crippen MR) is 215 cm³/mol. The van der Waals surface area contributed by atoms with E-state index < -0.39 is 24.1 Å². The molecular formula is C48H78O10Zn. The Morgan fingerprint density at radius 3 is 1.24 bits per heavy atom. The first kappa shape index (κ1) is 47.8. The molecule has 0 saturated heterocycles. The van der Waals surface area contributed by atoms with E-state index in [1.807, 2.05) is 0 Å². The summed E-state index contributed by atoms with van der Waals surface area (Å²) in [5.41, 5.74) is -0.343. The Morgan fingerprint density at radius 1 is 0.542 bits per heavy atom. The quantitative estimate of drug-likeness (QED) is 0.192. The van der Waals surface area contributed by atoms with Gasteiger partial charge in [-0.15, -0.1) is 0 Å². The standard InChI is InChI=1S/2C24H40O5.Zn/c2*1-13(4-7-21(28)29)16-5-6-17-22-18(12-20(27)24(16,17)3)23(2)9-8-15(25)10-14(23)11-19(22)26;/h2*13-20,22,25-27H,4-12H2,1-3H3,(H,28,29);/q;;+2/p-2/t2*13-,14+,15-,16-,17?,18?,19-,20+,22?,23+,24-;/m11./s1. The molecular weight excluding hydrogens is 802 g/mol. The number of rotatable bonds is 8. The van der Waals surface area contributed by atoms with Crippen molar-refractivity contribution >= 4 is 11.9 Å². The van der Waals surface area contributed by atoms with Crippen LogP contribution in [0.5, 0.6) is 0 Å². The van der Waals surface area contributed by atoms with Crippen molar-refractivity contribution in [1.29, 1.82) is 0 Å². The van der Waals surface area contributed by atoms with Crippen molar-refractivity contribution < 1.29 is 69.9 Å². The molecule has 11 heteroatoms. The number of aliphatic hydroxyl groups is 6. The Bertz CT molecular complexity index is 1390. The van der Waals surface area contributed by atoms with E-state index in [-0.39, 0.29) is 126 Å². The summed E-state index contributed by atoms with van der Waals surface area (Å²) in [6, 6.07) is 0. The first-order valence-corrected chi connectivity index (χ1v) is 23.7. The number of hydrogen-bond acceptors (Lipinski definition) is 10. The Kier molecular flexibility index (Phi) is 14.3. The first-order valence-electron chi connectivity index (χ1n) is 23.7. The van der Waals surface area contributed by atoms with Gasteiger partial charge in [0, 0.05) is 11.9 Å². The van der Waals surface area contributed by atoms with Crippen LogP contribution in [0, 0.1) is 92.7 Å². The number of carboxylic acids is 2. The third-order valence-electron chi connectivity index (χ3n) is 20.6. The van der Waals surface area contributed by atoms with Gasteiger partial charge in [-0.2, -0.15) is 0 Å². The zero-order valence-corrected chi connectivity index (χ0v) is 40.1. The minimum absolute atomic E-state index is 0. The van der Waals surface area contributed by atoms with Gasteiger partial charge < -0.3 is 50.4 Å². The zero-order chi connectivity index (χ0) is 42.3. The van der Waals surface area contributed by atoms with Crippen LogP contribution in [-0.2, 0) is 29.1 Å². The molecule has 22 atom stereocenters. The van der Waals surface area contributed by atoms with Crippen molar-refractivity contribution in [1.82, 2.24) is 0 Å². The normalized spacial score (nSPS) is 52.0. The maximum Gasteiger partial charge on any atom is 2.00 e. The number of aliphatic carboxylic acids is 2. The molecule has 10 nitrogen and oxygen atoms in total. The second kappa shape index (κ2) is 17.7. The molecule has 0 spiro atoms. The molecule has 59 heavy (non-hydrogen) atoms. The summed E-state index contributed by atoms with van der Waals surface area (Å²) in [6.45, 7) is 13.3. The second-order valence-corrected chi connectivity index (χ2v) is 22.8. The Hall–Kier alpha value is -0.677. The summed E-state index contributed by atoms with van der Waals surface area (Å²) in [5, 5.41) is 87.7. The van der Waals surface area contributed by atoms with Gasteiger partial charge in [0.05, 0.1) is 36.6 Å². The van der Waals surface area contributed by atoms with E-state index in [9.17, 15) is 50.4 Å². The monoisotopic (exact) mass is 878 g/mol. The van der Waals surface area contributed by atoms with Gasteiger partial charge in [0.15, 0.2) is 0 Å². The summed E-state index contributed by atoms with van der Waals surface area (Å²) in [7, 11) is 0. The van der Waals surface area contributed by atoms with Crippen molar-refractivity contribution in [2.75, 3.05) is 0 Å². The fourth-order valence-electron chi connectivity index (χ4n) is 17.4. The fourth-order valence-corrected chi connectivity index (χ4v) is 17.4. The number of carbonyl (C=O) groups excluding carboxylic acids is 2. The van der Waals surface area contributed by atoms with Crippen LogP contribution >= 0.6 is 0 Å². The zero-order valence-electron chi connectivity index (χ0n) is 37.1. The van der Waals surface area contributed by atoms with E-state index in [1.54, 1.807) is 0 Å². The number of fused-ring (bicyclic) bond motifs is 10. The van der Waals surface area contributed by atoms with Gasteiger partial charge in [-0.1, -0.05) is 41.5 Å². The number of aliphatic hydroxyl groups excluding tert-OH is 6. The smallest absolute Gasteiger partial charge is 0.550 e. The summed E-state index contributed by atoms with van der Waals surface area (Å²) >= 11 is 0. The van der Waals surface area contributed by atoms with Gasteiger partial charge in [0.1, 0.15) is 0 Å². The van der Waals surface area contributed by atoms with Crippen LogP contribution in [0.3, 0.4) is 0 Å². The average molecular weight is 881 g/mol. The SMILES string of the molecule is C[C@H](CCC(=O)[O-])[C@H]1CCC2C3C(C[C@H](O)[C@@]21C)[C@@]1(C)CC[C@@H](O)C[C@H]1C[C@H]3O.C[C@H](CCC(=O)[O-])[C@H]1CCC2C3C(C[C@H](O)[C@@]21C)[C@@]1(C)CC[C@@H](O)C[C@H]1C[C@H]3O.[Zn+2]. The largest absolute Gasteiger partial charge is 2.00 e. The van der Waals surface area contributed by atoms with E-state index in [1.165, 1.54) is 0 Å². The van der Waals surface area contributed by atoms with Crippen LogP contribution in [0.1, 0.15) is 157 Å². The van der Waals surface area contributed by atoms with Gasteiger partial charge in [-0.25, -0.2) is 0 Å². The fraction of sp³-hybridized carbons (Fsp3) is 0.958. The molecule has 8 aliphatic rings. The van der Waals surface area contributed by atoms with E-state index in [0.29, 0.717) is 36.5 Å². The van der Waals surface area contributed by atoms with Crippen molar-refractivity contribution in [3.63, 3.8) is 0 Å². The van der Waals surface area contributed by atoms with Crippen molar-refractivity contribution in [3.8, 4) is 0 Å². The topological polar surface area (TPSA) is 202 Å². The molecule has 0 amide bonds. The van der Waals surface area contributed by atoms with Crippen molar-refractivity contribution in [2.24, 2.45) is 92.7 Å². The molecule has 0 bridgehead atoms. The molecule has 8 aliphatic carbocycles. The van der Waals surface area contributed by atoms with Gasteiger partial charge in [-0.3, -0.25) is 0 Å². The molecule has 0 heterocycles. The summed E-state index contributed by atoms with van der Waals surface area (Å²) < 4.78 is 0. The Balaban J connectivity index is 0.000000195. The summed E-state index contributed by atoms with van der Waals surface area (Å²) in [6.07, 6.45) is 11.4. The van der Waals surface area contributed by atoms with E-state index in [2.05, 4.69) is 41.5 Å². The van der Waals surface area contributed by atoms with Gasteiger partial charge in [0.2, 0.25) is 0 Å². The van der Waals surface area contributed by atoms with Gasteiger partial charge >= 0.3 is 19.5 Å². The van der Waals surface area contributed by atoms with E-state index >= 15 is 0 Å². The molecule has 8 rings (SSSR count). The minimum atomic E-state index is -0.998. The molecule has 0 aliphatic heterocycles. The van der Waals surface area contributed by atoms with Gasteiger partial charge in [0.25, 0.3) is 0 Å². The maximum absolute atomic E-state index is 11.5. The molecule has 6 N–H and O–H groups in total. The van der Waals surface area contributed by atoms with Crippen LogP contribution in [0.15, 0.2) is 0 Å². The third-order valence-corrected chi connectivity index (χ3v) is 20.6. The molecule has 0 aromatic rings. The molecule has 0 aromatic carbocycles. The molecule has 8 saturated carbocycles. The third kappa shape index (κ3) is 8.08. The number of carbonyl (C=O) groups is 2. The molecule has 6 unspecified atom stereocenters. The maximum atomic E-state index is 11.5. The first-order chi connectivity index (χ1) is 27.2. The minimum Gasteiger partial charge on any atom is -0.550 e. The summed E-state index contributed by atoms with van der Waals surface area (Å²) in [5.74, 6) is 1.27. The van der Waals surface area contributed by atoms with Crippen molar-refractivity contribution in [2.45, 2.75) is 194 Å². The molecule has 8 fully saturated rings. The van der Waals surface area contributed by atoms with E-state index in [4.69, 9.17) is 0 Å². The second-order valence-electron chi connectivity index (χ2n) is 22.8. The predicted octanol–water partition coefficient (Wildman–Crippen LogP) is 4.23. The van der Waals surface area contributed by atoms with Crippen LogP contribution in [-0.4, -0.2) is 79.2 Å². The Labute approximate surface area is 366 Å². The molecule has 0 radical (unpaired) electrons. The number of hydrogen-bond donors (Lipinski definition) is 6. The van der Waals surface area contributed by atoms with Crippen LogP contribution in [0.2, 0.25) is 0 Å². The van der Waals surface area contributed by atoms with Gasteiger partial charge in [-0.05, 0) is 208 Å². The average Bonchev–Trinajstić information content (AvgIpc) is 3.70. The molecule has 332 valence electrons. The van der Waals surface area contributed by atoms with Crippen LogP contribution in [0.4, 0.5) is 0 Å². The number of carboxylic acid groups (broad SMARTS) is 2.